The second-order valence-electron chi connectivity index (χ2n) is 17.5. The third-order valence-corrected chi connectivity index (χ3v) is 15.0. The first-order valence-electron chi connectivity index (χ1n) is 20.3. The summed E-state index contributed by atoms with van der Waals surface area (Å²) in [7, 11) is 1.85. The fourth-order valence-electron chi connectivity index (χ4n) is 12.8. The number of fused-ring (bicyclic) bond motifs is 9. The Bertz CT molecular complexity index is 2380. The summed E-state index contributed by atoms with van der Waals surface area (Å²) in [6.45, 7) is -0.965. The second-order valence-corrected chi connectivity index (χ2v) is 17.5. The average molecular weight is 779 g/mol. The molecule has 2 saturated heterocycles. The third kappa shape index (κ3) is 4.99. The predicted octanol–water partition coefficient (Wildman–Crippen LogP) is 4.28. The van der Waals surface area contributed by atoms with Crippen LogP contribution in [-0.2, 0) is 26.3 Å². The number of aliphatic hydroxyl groups excluding tert-OH is 3. The molecule has 8 N–H and O–H groups in total. The number of hydrogen-bond donors (Lipinski definition) is 8. The Morgan fingerprint density at radius 3 is 2.47 bits per heavy atom. The summed E-state index contributed by atoms with van der Waals surface area (Å²) >= 11 is 0. The van der Waals surface area contributed by atoms with Crippen molar-refractivity contribution in [1.82, 2.24) is 10.3 Å². The van der Waals surface area contributed by atoms with Crippen LogP contribution in [0.5, 0.6) is 11.5 Å². The molecule has 0 radical (unpaired) electrons. The number of rotatable bonds is 7. The molecule has 11 unspecified atom stereocenters. The van der Waals surface area contributed by atoms with Gasteiger partial charge in [0.15, 0.2) is 17.5 Å². The van der Waals surface area contributed by atoms with Gasteiger partial charge in [-0.05, 0) is 121 Å². The highest BCUT2D eigenvalue weighted by atomic mass is 16.7. The van der Waals surface area contributed by atoms with Crippen LogP contribution in [0.3, 0.4) is 0 Å². The van der Waals surface area contributed by atoms with Crippen LogP contribution in [-0.4, -0.2) is 97.6 Å². The molecule has 5 aromatic rings. The van der Waals surface area contributed by atoms with Gasteiger partial charge in [-0.25, -0.2) is 4.79 Å². The summed E-state index contributed by atoms with van der Waals surface area (Å²) in [4.78, 5) is 17.8. The van der Waals surface area contributed by atoms with Crippen molar-refractivity contribution in [2.75, 3.05) is 20.2 Å². The first kappa shape index (κ1) is 37.2. The molecule has 5 aliphatic rings. The molecule has 11 atom stereocenters. The van der Waals surface area contributed by atoms with Gasteiger partial charge in [-0.3, -0.25) is 0 Å². The highest BCUT2D eigenvalue weighted by Gasteiger charge is 2.77. The van der Waals surface area contributed by atoms with E-state index >= 15 is 0 Å². The highest BCUT2D eigenvalue weighted by molar-refractivity contribution is 6.14. The first-order chi connectivity index (χ1) is 27.5. The Kier molecular flexibility index (Phi) is 8.61. The summed E-state index contributed by atoms with van der Waals surface area (Å²) in [6.07, 6.45) is -0.0249. The van der Waals surface area contributed by atoms with E-state index in [-0.39, 0.29) is 41.4 Å². The molecule has 1 aromatic heterocycles. The molecule has 4 aromatic carbocycles. The number of phenolic OH excluding ortho intramolecular Hbond substituents is 1. The maximum Gasteiger partial charge on any atom is 0.343 e. The molecule has 3 saturated carbocycles. The lowest BCUT2D eigenvalue weighted by molar-refractivity contribution is -0.320. The smallest absolute Gasteiger partial charge is 0.343 e. The number of aliphatic hydroxyl groups is 5. The number of H-pyrrole nitrogens is 1. The van der Waals surface area contributed by atoms with Crippen LogP contribution in [0.2, 0.25) is 0 Å². The standard InChI is InChI=1S/C45H50N2O10/c1-46-21-28-18-27-20-44(53)40(56-39(27)43(38(28)51)16-14-29-7-4-15-42(29,43)30-9-11-31(50)12-10-30)37(57-45(44,54)23-49)41(52)55-36-34(22-48)47-33-13-8-26-17-24-5-2-3-6-25(24)19-32(26)35(33)36/h2-3,5-6,8-13,17,19,27-29,37-40,46-51,53-54H,4,7,14-16,18,20-23H2,1H3. The lowest BCUT2D eigenvalue weighted by Crippen LogP contribution is -2.72. The van der Waals surface area contributed by atoms with Gasteiger partial charge < -0.3 is 55.2 Å². The van der Waals surface area contributed by atoms with Gasteiger partial charge in [-0.1, -0.05) is 48.9 Å². The van der Waals surface area contributed by atoms with E-state index in [0.29, 0.717) is 30.3 Å². The number of nitrogens with one attached hydrogen (secondary N) is 2. The Balaban J connectivity index is 1.08. The molecular weight excluding hydrogens is 728 g/mol. The molecule has 0 amide bonds. The summed E-state index contributed by atoms with van der Waals surface area (Å²) in [5.41, 5.74) is -1.68. The van der Waals surface area contributed by atoms with Crippen LogP contribution in [0.1, 0.15) is 56.2 Å². The van der Waals surface area contributed by atoms with Crippen molar-refractivity contribution in [1.29, 1.82) is 0 Å². The maximum atomic E-state index is 14.6. The van der Waals surface area contributed by atoms with Crippen LogP contribution in [0, 0.1) is 23.2 Å². The fraction of sp³-hybridized carbons (Fsp3) is 0.489. The van der Waals surface area contributed by atoms with Gasteiger partial charge in [-0.2, -0.15) is 0 Å². The summed E-state index contributed by atoms with van der Waals surface area (Å²) < 4.78 is 19.3. The highest BCUT2D eigenvalue weighted by Crippen LogP contribution is 2.72. The van der Waals surface area contributed by atoms with Gasteiger partial charge >= 0.3 is 5.97 Å². The van der Waals surface area contributed by atoms with Crippen molar-refractivity contribution in [2.45, 2.75) is 92.8 Å². The van der Waals surface area contributed by atoms with E-state index in [2.05, 4.69) is 10.3 Å². The Hall–Kier alpha value is -4.11. The molecule has 0 bridgehead atoms. The van der Waals surface area contributed by atoms with E-state index in [1.54, 1.807) is 12.1 Å². The van der Waals surface area contributed by atoms with Crippen LogP contribution in [0.25, 0.3) is 32.4 Å². The first-order valence-corrected chi connectivity index (χ1v) is 20.3. The number of aromatic amines is 1. The zero-order valence-electron chi connectivity index (χ0n) is 31.9. The molecule has 3 aliphatic carbocycles. The number of carbonyl (C=O) groups excluding carboxylic acids is 1. The second kappa shape index (κ2) is 13.2. The SMILES string of the molecule is CNCC1CC2CC3(O)C(OC2C2(CCC4CCCC42c2ccc(O)cc2)C1O)C(C(=O)Oc1c(CO)[nH]c2ccc4cc5ccccc5cc4c12)OC3(O)CO. The van der Waals surface area contributed by atoms with Crippen LogP contribution in [0.4, 0.5) is 0 Å². The molecule has 300 valence electrons. The van der Waals surface area contributed by atoms with Crippen molar-refractivity contribution in [3.05, 3.63) is 84.1 Å². The van der Waals surface area contributed by atoms with Crippen LogP contribution in [0.15, 0.2) is 72.8 Å². The molecule has 3 heterocycles. The lowest BCUT2D eigenvalue weighted by Gasteiger charge is -2.63. The quantitative estimate of drug-likeness (QED) is 0.0869. The lowest BCUT2D eigenvalue weighted by atomic mass is 9.47. The van der Waals surface area contributed by atoms with E-state index in [4.69, 9.17) is 14.2 Å². The number of esters is 1. The zero-order valence-corrected chi connectivity index (χ0v) is 31.9. The molecule has 2 aliphatic heterocycles. The summed E-state index contributed by atoms with van der Waals surface area (Å²) in [6, 6.07) is 23.1. The van der Waals surface area contributed by atoms with E-state index in [0.717, 1.165) is 52.8 Å². The number of ether oxygens (including phenoxy) is 3. The van der Waals surface area contributed by atoms with E-state index < -0.39 is 65.8 Å². The number of carbonyl (C=O) groups is 1. The summed E-state index contributed by atoms with van der Waals surface area (Å²) in [5, 5.41) is 76.4. The van der Waals surface area contributed by atoms with Gasteiger partial charge in [0.25, 0.3) is 0 Å². The van der Waals surface area contributed by atoms with Gasteiger partial charge in [0, 0.05) is 17.4 Å². The summed E-state index contributed by atoms with van der Waals surface area (Å²) in [5.74, 6) is -3.66. The normalized spacial score (nSPS) is 37.2. The number of phenols is 1. The third-order valence-electron chi connectivity index (χ3n) is 15.0. The van der Waals surface area contributed by atoms with E-state index in [1.165, 1.54) is 0 Å². The van der Waals surface area contributed by atoms with Crippen molar-refractivity contribution < 1.29 is 49.6 Å². The Morgan fingerprint density at radius 1 is 0.965 bits per heavy atom. The van der Waals surface area contributed by atoms with Crippen LogP contribution < -0.4 is 10.1 Å². The zero-order chi connectivity index (χ0) is 39.5. The molecule has 10 rings (SSSR count). The minimum Gasteiger partial charge on any atom is -0.508 e. The molecule has 12 heteroatoms. The monoisotopic (exact) mass is 778 g/mol. The number of hydrogen-bond acceptors (Lipinski definition) is 11. The average Bonchev–Trinajstić information content (AvgIpc) is 3.95. The minimum atomic E-state index is -2.57. The predicted molar refractivity (Wildman–Crippen MR) is 210 cm³/mol. The maximum absolute atomic E-state index is 14.6. The van der Waals surface area contributed by atoms with Crippen LogP contribution >= 0.6 is 0 Å². The van der Waals surface area contributed by atoms with Crippen molar-refractivity contribution >= 4 is 38.4 Å². The molecule has 12 nitrogen and oxygen atoms in total. The van der Waals surface area contributed by atoms with Crippen molar-refractivity contribution in [3.63, 3.8) is 0 Å². The Labute approximate surface area is 329 Å². The molecule has 1 spiro atoms. The molecular formula is C45H50N2O10. The van der Waals surface area contributed by atoms with Gasteiger partial charge in [-0.15, -0.1) is 0 Å². The van der Waals surface area contributed by atoms with Crippen molar-refractivity contribution in [2.24, 2.45) is 23.2 Å². The number of benzene rings is 4. The number of aromatic hydroxyl groups is 1. The number of aromatic nitrogens is 1. The largest absolute Gasteiger partial charge is 0.508 e. The molecule has 57 heavy (non-hydrogen) atoms. The van der Waals surface area contributed by atoms with Gasteiger partial charge in [0.1, 0.15) is 18.5 Å². The minimum absolute atomic E-state index is 0.0547. The van der Waals surface area contributed by atoms with Crippen molar-refractivity contribution in [3.8, 4) is 11.5 Å². The molecule has 5 fully saturated rings. The van der Waals surface area contributed by atoms with E-state index in [9.17, 15) is 35.4 Å². The van der Waals surface area contributed by atoms with Gasteiger partial charge in [0.2, 0.25) is 5.79 Å². The van der Waals surface area contributed by atoms with Gasteiger partial charge in [0.05, 0.1) is 35.4 Å². The van der Waals surface area contributed by atoms with E-state index in [1.807, 2.05) is 67.7 Å². The topological polar surface area (TPSA) is 194 Å². The fourth-order valence-corrected chi connectivity index (χ4v) is 12.8. The Morgan fingerprint density at radius 2 is 1.74 bits per heavy atom.